The van der Waals surface area contributed by atoms with Crippen molar-refractivity contribution in [3.63, 3.8) is 0 Å². The Balaban J connectivity index is 0.882. The van der Waals surface area contributed by atoms with E-state index in [-0.39, 0.29) is 43.7 Å². The van der Waals surface area contributed by atoms with Gasteiger partial charge in [0, 0.05) is 59.0 Å². The van der Waals surface area contributed by atoms with Crippen LogP contribution in [0.5, 0.6) is 0 Å². The van der Waals surface area contributed by atoms with E-state index < -0.39 is 118 Å². The summed E-state index contributed by atoms with van der Waals surface area (Å²) < 4.78 is 46.8. The van der Waals surface area contributed by atoms with E-state index in [1.165, 1.54) is 32.9 Å². The second kappa shape index (κ2) is 17.2. The number of carbonyl (C=O) groups excluding carboxylic acids is 7. The number of fused-ring (bicyclic) bond motifs is 7. The van der Waals surface area contributed by atoms with Crippen molar-refractivity contribution in [2.24, 2.45) is 22.7 Å². The molecule has 0 radical (unpaired) electrons. The zero-order chi connectivity index (χ0) is 47.7. The topological polar surface area (TPSA) is 218 Å². The molecule has 0 aromatic heterocycles. The summed E-state index contributed by atoms with van der Waals surface area (Å²) in [6.45, 7) is 7.17. The molecule has 5 N–H and O–H groups in total. The summed E-state index contributed by atoms with van der Waals surface area (Å²) in [5.74, 6) is -5.63. The number of benzene rings is 2. The first-order valence-corrected chi connectivity index (χ1v) is 22.3. The third-order valence-electron chi connectivity index (χ3n) is 15.3. The standard InChI is InChI=1S/C49H54F2N4O11/c1-25(29-10-12-31(13-11-29)54-44(64)27(3)53-43(63)26(2)52-40(60)17-19-55-41(61)14-15-42(55)62)28-6-8-30(9-7-28)45-65-39-22-33-34-21-36(50)35-20-32(57)16-18-46(35,4)48(34,51)37(58)23-47(33,5)49(39,66-45)38(59)24-56/h6-16,18,20,25-27,33-34,36-37,39,45,56,58H,17,19,21-24H2,1-5H3,(H,52,60)(H,53,63)(H,54,64)/t25-,26-,27-,33?,34-,36-,37-,39+,45+,46-,47-,48-,49+/m0/s1. The zero-order valence-electron chi connectivity index (χ0n) is 37.2. The van der Waals surface area contributed by atoms with Crippen molar-refractivity contribution in [3.05, 3.63) is 101 Å². The first-order chi connectivity index (χ1) is 31.2. The number of ketones is 2. The van der Waals surface area contributed by atoms with Gasteiger partial charge in [0.1, 0.15) is 24.9 Å². The molecule has 4 fully saturated rings. The summed E-state index contributed by atoms with van der Waals surface area (Å²) in [5.41, 5.74) is -4.05. The molecule has 6 aliphatic rings. The molecule has 0 bridgehead atoms. The minimum absolute atomic E-state index is 0.000116. The fourth-order valence-corrected chi connectivity index (χ4v) is 11.6. The highest BCUT2D eigenvalue weighted by Crippen LogP contribution is 2.72. The number of allylic oxidation sites excluding steroid dienone is 4. The molecule has 5 amide bonds. The predicted octanol–water partition coefficient (Wildman–Crippen LogP) is 3.74. The minimum Gasteiger partial charge on any atom is -0.390 e. The van der Waals surface area contributed by atoms with Gasteiger partial charge in [-0.25, -0.2) is 8.78 Å². The molecule has 17 heteroatoms. The average molecular weight is 913 g/mol. The number of hydrogen-bond donors (Lipinski definition) is 5. The van der Waals surface area contributed by atoms with E-state index in [1.54, 1.807) is 19.1 Å². The van der Waals surface area contributed by atoms with E-state index in [4.69, 9.17) is 9.47 Å². The van der Waals surface area contributed by atoms with Gasteiger partial charge >= 0.3 is 0 Å². The number of carbonyl (C=O) groups is 7. The molecule has 0 spiro atoms. The van der Waals surface area contributed by atoms with E-state index in [0.717, 1.165) is 34.3 Å². The number of rotatable bonds is 13. The van der Waals surface area contributed by atoms with Gasteiger partial charge in [-0.1, -0.05) is 56.3 Å². The Morgan fingerprint density at radius 2 is 1.48 bits per heavy atom. The van der Waals surface area contributed by atoms with Gasteiger partial charge in [0.15, 0.2) is 29.1 Å². The van der Waals surface area contributed by atoms with Crippen LogP contribution in [0.4, 0.5) is 14.5 Å². The lowest BCUT2D eigenvalue weighted by molar-refractivity contribution is -0.235. The third-order valence-corrected chi connectivity index (χ3v) is 15.3. The number of nitrogens with zero attached hydrogens (tertiary/aromatic N) is 1. The van der Waals surface area contributed by atoms with E-state index in [1.807, 2.05) is 43.3 Å². The maximum atomic E-state index is 17.8. The highest BCUT2D eigenvalue weighted by molar-refractivity contribution is 6.13. The normalized spacial score (nSPS) is 34.3. The summed E-state index contributed by atoms with van der Waals surface area (Å²) in [5, 5.41) is 30.0. The first-order valence-electron chi connectivity index (χ1n) is 22.3. The quantitative estimate of drug-likeness (QED) is 0.183. The molecule has 66 heavy (non-hydrogen) atoms. The van der Waals surface area contributed by atoms with Crippen molar-refractivity contribution in [1.82, 2.24) is 15.5 Å². The number of ether oxygens (including phenoxy) is 2. The lowest BCUT2D eigenvalue weighted by Gasteiger charge is -2.63. The van der Waals surface area contributed by atoms with Crippen LogP contribution < -0.4 is 16.0 Å². The Hall–Kier alpha value is -5.75. The largest absolute Gasteiger partial charge is 0.390 e. The number of imide groups is 1. The van der Waals surface area contributed by atoms with Gasteiger partial charge in [-0.15, -0.1) is 0 Å². The number of aliphatic hydroxyl groups excluding tert-OH is 2. The van der Waals surface area contributed by atoms with Crippen LogP contribution in [-0.4, -0.2) is 111 Å². The molecule has 1 unspecified atom stereocenters. The number of hydrogen-bond acceptors (Lipinski definition) is 11. The van der Waals surface area contributed by atoms with Crippen LogP contribution in [0.2, 0.25) is 0 Å². The predicted molar refractivity (Wildman–Crippen MR) is 232 cm³/mol. The molecule has 8 rings (SSSR count). The average Bonchev–Trinajstić information content (AvgIpc) is 3.92. The van der Waals surface area contributed by atoms with Gasteiger partial charge < -0.3 is 35.6 Å². The summed E-state index contributed by atoms with van der Waals surface area (Å²) >= 11 is 0. The van der Waals surface area contributed by atoms with Crippen molar-refractivity contribution in [1.29, 1.82) is 0 Å². The molecule has 3 saturated carbocycles. The maximum absolute atomic E-state index is 17.8. The van der Waals surface area contributed by atoms with Gasteiger partial charge in [0.05, 0.1) is 12.2 Å². The van der Waals surface area contributed by atoms with E-state index in [0.29, 0.717) is 11.3 Å². The Morgan fingerprint density at radius 1 is 0.864 bits per heavy atom. The molecule has 4 aliphatic carbocycles. The summed E-state index contributed by atoms with van der Waals surface area (Å²) in [7, 11) is 0. The second-order valence-electron chi connectivity index (χ2n) is 18.9. The molecule has 2 heterocycles. The van der Waals surface area contributed by atoms with Gasteiger partial charge in [0.25, 0.3) is 11.8 Å². The summed E-state index contributed by atoms with van der Waals surface area (Å²) in [6, 6.07) is 12.6. The van der Waals surface area contributed by atoms with Crippen molar-refractivity contribution >= 4 is 46.8 Å². The molecule has 2 aliphatic heterocycles. The monoisotopic (exact) mass is 912 g/mol. The van der Waals surface area contributed by atoms with Crippen LogP contribution >= 0.6 is 0 Å². The van der Waals surface area contributed by atoms with E-state index in [9.17, 15) is 43.8 Å². The van der Waals surface area contributed by atoms with E-state index >= 15 is 8.78 Å². The smallest absolute Gasteiger partial charge is 0.253 e. The van der Waals surface area contributed by atoms with Crippen molar-refractivity contribution in [2.45, 2.75) is 114 Å². The molecule has 1 saturated heterocycles. The summed E-state index contributed by atoms with van der Waals surface area (Å²) in [6.07, 6.45) is 0.0583. The van der Waals surface area contributed by atoms with Crippen LogP contribution in [0.3, 0.4) is 0 Å². The van der Waals surface area contributed by atoms with Crippen LogP contribution in [0.25, 0.3) is 0 Å². The van der Waals surface area contributed by atoms with Gasteiger partial charge in [-0.3, -0.25) is 38.5 Å². The Kier molecular flexibility index (Phi) is 12.2. The first kappa shape index (κ1) is 46.8. The molecular formula is C49H54F2N4O11. The van der Waals surface area contributed by atoms with Gasteiger partial charge in [-0.2, -0.15) is 0 Å². The highest BCUT2D eigenvalue weighted by atomic mass is 19.1. The fourth-order valence-electron chi connectivity index (χ4n) is 11.6. The third kappa shape index (κ3) is 7.43. The second-order valence-corrected chi connectivity index (χ2v) is 18.9. The van der Waals surface area contributed by atoms with Crippen molar-refractivity contribution in [3.8, 4) is 0 Å². The van der Waals surface area contributed by atoms with Crippen molar-refractivity contribution < 1.29 is 62.0 Å². The molecule has 2 aromatic carbocycles. The SMILES string of the molecule is C[C@H](c1ccc(NC(=O)[C@H](C)NC(=O)[C@H](C)NC(=O)CCN2C(=O)C=CC2=O)cc1)c1ccc([C@@H]2O[C@@H]3CC4[C@@H]5C[C@H](F)C6=CC(=O)C=C[C@]6(C)[C@@]5(F)[C@@H](O)C[C@]4(C)[C@]3(C(=O)CO)O2)cc1. The lowest BCUT2D eigenvalue weighted by Crippen LogP contribution is -2.70. The van der Waals surface area contributed by atoms with Gasteiger partial charge in [0.2, 0.25) is 17.7 Å². The number of amides is 5. The Labute approximate surface area is 380 Å². The number of anilines is 1. The van der Waals surface area contributed by atoms with Crippen LogP contribution in [-0.2, 0) is 43.0 Å². The maximum Gasteiger partial charge on any atom is 0.253 e. The minimum atomic E-state index is -2.35. The lowest BCUT2D eigenvalue weighted by atomic mass is 9.44. The van der Waals surface area contributed by atoms with Crippen LogP contribution in [0.1, 0.15) is 89.2 Å². The summed E-state index contributed by atoms with van der Waals surface area (Å²) in [4.78, 5) is 88.6. The molecule has 13 atom stereocenters. The van der Waals surface area contributed by atoms with Crippen LogP contribution in [0, 0.1) is 22.7 Å². The Bertz CT molecular complexity index is 2440. The van der Waals surface area contributed by atoms with Gasteiger partial charge in [-0.05, 0) is 86.9 Å². The molecule has 2 aromatic rings. The molecular weight excluding hydrogens is 859 g/mol. The zero-order valence-corrected chi connectivity index (χ0v) is 37.2. The molecule has 350 valence electrons. The fraction of sp³-hybridized carbons (Fsp3) is 0.490. The Morgan fingerprint density at radius 3 is 2.12 bits per heavy atom. The number of aliphatic hydroxyl groups is 2. The number of nitrogens with one attached hydrogen (secondary N) is 3. The highest BCUT2D eigenvalue weighted by Gasteiger charge is 2.80. The van der Waals surface area contributed by atoms with E-state index in [2.05, 4.69) is 16.0 Å². The number of Topliss-reactive ketones (excluding diaryl/α,β-unsaturated/α-hetero) is 1. The number of alkyl halides is 2. The van der Waals surface area contributed by atoms with Crippen molar-refractivity contribution in [2.75, 3.05) is 18.5 Å². The van der Waals surface area contributed by atoms with Crippen LogP contribution in [0.15, 0.2) is 84.5 Å². The molecule has 15 nitrogen and oxygen atoms in total. The number of halogens is 2.